The number of aromatic nitrogens is 2. The van der Waals surface area contributed by atoms with Crippen molar-refractivity contribution in [3.05, 3.63) is 83.3 Å². The molecule has 0 spiro atoms. The fraction of sp³-hybridized carbons (Fsp3) is 0.296. The number of nitrogens with one attached hydrogen (secondary N) is 1. The number of sulfone groups is 1. The van der Waals surface area contributed by atoms with Crippen molar-refractivity contribution in [3.8, 4) is 11.3 Å². The standard InChI is InChI=1S/C27H32N4O3S.2H2/c1-5-14-29-16-20-6-8-21(9-7-20)24(28)15-26(32)27-19(4)30-17-25(31-27)22-10-12-23(13-11-22)35(33,34)18(2)3;;/h6-13,15,17-18,29H,5,14,16,28H2,1-4H3;2*1H. The number of carbonyl (C=O) groups is 1. The van der Waals surface area contributed by atoms with E-state index in [0.29, 0.717) is 22.6 Å². The van der Waals surface area contributed by atoms with Crippen LogP contribution >= 0.6 is 0 Å². The number of aryl methyl sites for hydroxylation is 1. The molecular formula is C27H36N4O3S. The highest BCUT2D eigenvalue weighted by Crippen LogP contribution is 2.23. The molecule has 0 aliphatic rings. The van der Waals surface area contributed by atoms with Gasteiger partial charge < -0.3 is 11.1 Å². The van der Waals surface area contributed by atoms with Crippen molar-refractivity contribution in [2.45, 2.75) is 50.8 Å². The Bertz CT molecular complexity index is 1320. The van der Waals surface area contributed by atoms with Crippen LogP contribution in [0.5, 0.6) is 0 Å². The zero-order valence-electron chi connectivity index (χ0n) is 20.6. The summed E-state index contributed by atoms with van der Waals surface area (Å²) in [6.45, 7) is 8.86. The molecule has 0 atom stereocenters. The molecule has 3 N–H and O–H groups in total. The van der Waals surface area contributed by atoms with Crippen LogP contribution in [0.2, 0.25) is 0 Å². The van der Waals surface area contributed by atoms with Crippen molar-refractivity contribution >= 4 is 21.3 Å². The van der Waals surface area contributed by atoms with Crippen LogP contribution in [0, 0.1) is 6.92 Å². The van der Waals surface area contributed by atoms with Gasteiger partial charge in [0.05, 0.1) is 27.7 Å². The second-order valence-electron chi connectivity index (χ2n) is 8.65. The van der Waals surface area contributed by atoms with Crippen LogP contribution in [0.15, 0.2) is 65.7 Å². The molecule has 188 valence electrons. The topological polar surface area (TPSA) is 115 Å². The highest BCUT2D eigenvalue weighted by molar-refractivity contribution is 7.92. The fourth-order valence-corrected chi connectivity index (χ4v) is 4.49. The predicted molar refractivity (Wildman–Crippen MR) is 144 cm³/mol. The summed E-state index contributed by atoms with van der Waals surface area (Å²) in [5.74, 6) is -0.345. The van der Waals surface area contributed by atoms with Crippen LogP contribution in [-0.4, -0.2) is 36.0 Å². The minimum absolute atomic E-state index is 0. The first-order valence-corrected chi connectivity index (χ1v) is 13.2. The van der Waals surface area contributed by atoms with Gasteiger partial charge in [-0.25, -0.2) is 13.4 Å². The predicted octanol–water partition coefficient (Wildman–Crippen LogP) is 4.81. The van der Waals surface area contributed by atoms with Gasteiger partial charge in [0.2, 0.25) is 5.78 Å². The molecule has 1 aromatic heterocycles. The number of carbonyl (C=O) groups excluding carboxylic acids is 1. The molecule has 2 aromatic carbocycles. The number of hydrogen-bond donors (Lipinski definition) is 2. The van der Waals surface area contributed by atoms with Crippen LogP contribution < -0.4 is 11.1 Å². The summed E-state index contributed by atoms with van der Waals surface area (Å²) in [5.41, 5.74) is 10.3. The van der Waals surface area contributed by atoms with Crippen molar-refractivity contribution in [1.29, 1.82) is 0 Å². The highest BCUT2D eigenvalue weighted by atomic mass is 32.2. The lowest BCUT2D eigenvalue weighted by Gasteiger charge is -2.09. The quantitative estimate of drug-likeness (QED) is 0.235. The smallest absolute Gasteiger partial charge is 0.208 e. The molecule has 0 aliphatic heterocycles. The Morgan fingerprint density at radius 2 is 1.77 bits per heavy atom. The maximum atomic E-state index is 13.0. The van der Waals surface area contributed by atoms with Crippen molar-refractivity contribution in [2.75, 3.05) is 6.54 Å². The minimum atomic E-state index is -3.37. The molecular weight excluding hydrogens is 460 g/mol. The van der Waals surface area contributed by atoms with Gasteiger partial charge in [-0.2, -0.15) is 0 Å². The largest absolute Gasteiger partial charge is 0.398 e. The first kappa shape index (κ1) is 26.2. The Morgan fingerprint density at radius 3 is 2.37 bits per heavy atom. The SMILES string of the molecule is CCCNCc1ccc(C(N)=CC(=O)c2nc(-c3ccc(S(=O)(=O)C(C)C)cc3)cnc2C)cc1.[HH].[HH]. The molecule has 3 rings (SSSR count). The molecule has 3 aromatic rings. The maximum absolute atomic E-state index is 13.0. The summed E-state index contributed by atoms with van der Waals surface area (Å²) in [4.78, 5) is 22.1. The van der Waals surface area contributed by atoms with Crippen LogP contribution in [0.4, 0.5) is 0 Å². The zero-order valence-corrected chi connectivity index (χ0v) is 21.4. The molecule has 0 bridgehead atoms. The third kappa shape index (κ3) is 6.41. The fourth-order valence-electron chi connectivity index (χ4n) is 3.43. The third-order valence-electron chi connectivity index (χ3n) is 5.62. The molecule has 8 heteroatoms. The van der Waals surface area contributed by atoms with Crippen molar-refractivity contribution < 1.29 is 16.1 Å². The van der Waals surface area contributed by atoms with E-state index in [0.717, 1.165) is 30.6 Å². The number of ketones is 1. The van der Waals surface area contributed by atoms with E-state index >= 15 is 0 Å². The molecule has 0 unspecified atom stereocenters. The van der Waals surface area contributed by atoms with Crippen LogP contribution in [0.25, 0.3) is 17.0 Å². The van der Waals surface area contributed by atoms with E-state index in [1.54, 1.807) is 51.2 Å². The third-order valence-corrected chi connectivity index (χ3v) is 7.79. The van der Waals surface area contributed by atoms with Crippen LogP contribution in [-0.2, 0) is 16.4 Å². The van der Waals surface area contributed by atoms with Gasteiger partial charge in [-0.3, -0.25) is 9.78 Å². The highest BCUT2D eigenvalue weighted by Gasteiger charge is 2.19. The first-order valence-electron chi connectivity index (χ1n) is 11.6. The van der Waals surface area contributed by atoms with Crippen LogP contribution in [0.1, 0.15) is 57.4 Å². The second-order valence-corrected chi connectivity index (χ2v) is 11.1. The Morgan fingerprint density at radius 1 is 1.11 bits per heavy atom. The van der Waals surface area contributed by atoms with Gasteiger partial charge in [0.15, 0.2) is 9.84 Å². The molecule has 35 heavy (non-hydrogen) atoms. The lowest BCUT2D eigenvalue weighted by Crippen LogP contribution is -2.13. The van der Waals surface area contributed by atoms with Gasteiger partial charge in [0.1, 0.15) is 5.69 Å². The van der Waals surface area contributed by atoms with Crippen molar-refractivity contribution in [1.82, 2.24) is 15.3 Å². The summed E-state index contributed by atoms with van der Waals surface area (Å²) in [6, 6.07) is 14.2. The van der Waals surface area contributed by atoms with E-state index in [9.17, 15) is 13.2 Å². The minimum Gasteiger partial charge on any atom is -0.398 e. The number of nitrogens with two attached hydrogens (primary N) is 1. The Labute approximate surface area is 210 Å². The van der Waals surface area contributed by atoms with Crippen molar-refractivity contribution in [2.24, 2.45) is 5.73 Å². The second kappa shape index (κ2) is 11.4. The monoisotopic (exact) mass is 496 g/mol. The normalized spacial score (nSPS) is 12.2. The average Bonchev–Trinajstić information content (AvgIpc) is 2.84. The zero-order chi connectivity index (χ0) is 25.6. The molecule has 0 fully saturated rings. The average molecular weight is 497 g/mol. The maximum Gasteiger partial charge on any atom is 0.208 e. The lowest BCUT2D eigenvalue weighted by molar-refractivity contribution is 0.104. The van der Waals surface area contributed by atoms with Gasteiger partial charge in [-0.1, -0.05) is 43.3 Å². The van der Waals surface area contributed by atoms with E-state index < -0.39 is 15.1 Å². The van der Waals surface area contributed by atoms with Gasteiger partial charge in [0, 0.05) is 26.7 Å². The molecule has 0 amide bonds. The number of rotatable bonds is 10. The van der Waals surface area contributed by atoms with E-state index in [1.807, 2.05) is 24.3 Å². The number of nitrogens with zero attached hydrogens (tertiary/aromatic N) is 2. The summed E-state index contributed by atoms with van der Waals surface area (Å²) < 4.78 is 24.7. The summed E-state index contributed by atoms with van der Waals surface area (Å²) in [6.07, 6.45) is 4.00. The molecule has 0 saturated carbocycles. The van der Waals surface area contributed by atoms with E-state index in [2.05, 4.69) is 22.2 Å². The molecule has 0 saturated heterocycles. The first-order chi connectivity index (χ1) is 16.6. The Balaban J connectivity index is 0.00000342. The molecule has 0 radical (unpaired) electrons. The van der Waals surface area contributed by atoms with Gasteiger partial charge >= 0.3 is 0 Å². The van der Waals surface area contributed by atoms with E-state index in [-0.39, 0.29) is 19.2 Å². The van der Waals surface area contributed by atoms with Gasteiger partial charge in [-0.15, -0.1) is 0 Å². The van der Waals surface area contributed by atoms with Crippen molar-refractivity contribution in [3.63, 3.8) is 0 Å². The Hall–Kier alpha value is -3.36. The molecule has 1 heterocycles. The molecule has 7 nitrogen and oxygen atoms in total. The summed E-state index contributed by atoms with van der Waals surface area (Å²) in [7, 11) is -3.37. The van der Waals surface area contributed by atoms with Crippen LogP contribution in [0.3, 0.4) is 0 Å². The van der Waals surface area contributed by atoms with Gasteiger partial charge in [0.25, 0.3) is 0 Å². The van der Waals surface area contributed by atoms with E-state index in [1.165, 1.54) is 6.08 Å². The number of hydrogen-bond acceptors (Lipinski definition) is 7. The summed E-state index contributed by atoms with van der Waals surface area (Å²) >= 11 is 0. The number of benzene rings is 2. The molecule has 0 aliphatic carbocycles. The summed E-state index contributed by atoms with van der Waals surface area (Å²) in [5, 5.41) is 2.84. The van der Waals surface area contributed by atoms with E-state index in [4.69, 9.17) is 5.73 Å². The lowest BCUT2D eigenvalue weighted by atomic mass is 10.1. The number of allylic oxidation sites excluding steroid dienone is 1. The Kier molecular flexibility index (Phi) is 8.53. The van der Waals surface area contributed by atoms with Gasteiger partial charge in [-0.05, 0) is 57.0 Å².